The number of Topliss-reactive ketones (excluding diaryl/α,β-unsaturated/α-hetero) is 1. The molecule has 1 N–H and O–H groups in total. The predicted octanol–water partition coefficient (Wildman–Crippen LogP) is 6.53. The van der Waals surface area contributed by atoms with Crippen molar-refractivity contribution in [2.24, 2.45) is 0 Å². The Morgan fingerprint density at radius 1 is 1.16 bits per heavy atom. The molecule has 32 heavy (non-hydrogen) atoms. The molecule has 0 saturated heterocycles. The van der Waals surface area contributed by atoms with Crippen LogP contribution in [0, 0.1) is 0 Å². The Labute approximate surface area is 188 Å². The first kappa shape index (κ1) is 24.1. The number of aryl methyl sites for hydroxylation is 1. The average molecular weight is 470 g/mol. The van der Waals surface area contributed by atoms with E-state index in [1.54, 1.807) is 39.8 Å². The molecule has 0 fully saturated rings. The summed E-state index contributed by atoms with van der Waals surface area (Å²) in [6, 6.07) is 5.53. The van der Waals surface area contributed by atoms with Crippen LogP contribution in [-0.4, -0.2) is 27.1 Å². The molecule has 0 spiro atoms. The molecule has 9 heteroatoms. The Morgan fingerprint density at radius 2 is 1.81 bits per heavy atom. The number of aliphatic hydroxyl groups excluding tert-OH is 1. The molecule has 3 rings (SSSR count). The second kappa shape index (κ2) is 8.08. The zero-order valence-corrected chi connectivity index (χ0v) is 19.0. The highest BCUT2D eigenvalue weighted by molar-refractivity contribution is 6.31. The van der Waals surface area contributed by atoms with Crippen molar-refractivity contribution < 1.29 is 32.5 Å². The number of aromatic nitrogens is 1. The molecule has 0 unspecified atom stereocenters. The lowest BCUT2D eigenvalue weighted by Gasteiger charge is -2.40. The lowest BCUT2D eigenvalue weighted by atomic mass is 9.81. The van der Waals surface area contributed by atoms with Crippen molar-refractivity contribution in [3.8, 4) is 11.6 Å². The van der Waals surface area contributed by atoms with Gasteiger partial charge in [0.2, 0.25) is 5.88 Å². The second-order valence-corrected chi connectivity index (χ2v) is 8.87. The number of pyridine rings is 1. The number of nitrogens with zero attached hydrogens (tertiary/aromatic N) is 1. The van der Waals surface area contributed by atoms with Crippen molar-refractivity contribution in [2.45, 2.75) is 58.4 Å². The summed E-state index contributed by atoms with van der Waals surface area (Å²) in [5.41, 5.74) is -1.80. The van der Waals surface area contributed by atoms with Crippen LogP contribution in [-0.2, 0) is 22.1 Å². The minimum absolute atomic E-state index is 0.167. The third-order valence-electron chi connectivity index (χ3n) is 5.17. The number of carbonyl (C=O) groups excluding carboxylic acids is 1. The van der Waals surface area contributed by atoms with Crippen LogP contribution < -0.4 is 4.74 Å². The standard InChI is InChI=1S/C23H23ClF3NO4/c1-6-12-9-14(31-20-16(24)10-13(11-28-20)23(25,26)27)7-8-15(12)17-18(29)21(2,3)32-22(4,5)19(17)30/h7-11,29H,6H2,1-5H3. The second-order valence-electron chi connectivity index (χ2n) is 8.46. The number of alkyl halides is 3. The van der Waals surface area contributed by atoms with E-state index >= 15 is 0 Å². The van der Waals surface area contributed by atoms with E-state index < -0.39 is 22.9 Å². The van der Waals surface area contributed by atoms with Crippen LogP contribution >= 0.6 is 11.6 Å². The van der Waals surface area contributed by atoms with Gasteiger partial charge in [-0.1, -0.05) is 24.6 Å². The summed E-state index contributed by atoms with van der Waals surface area (Å²) in [5, 5.41) is 10.5. The summed E-state index contributed by atoms with van der Waals surface area (Å²) in [6.07, 6.45) is -3.43. The van der Waals surface area contributed by atoms with E-state index in [1.807, 2.05) is 6.92 Å². The quantitative estimate of drug-likeness (QED) is 0.551. The number of benzene rings is 1. The molecular formula is C23H23ClF3NO4. The van der Waals surface area contributed by atoms with E-state index in [4.69, 9.17) is 21.1 Å². The summed E-state index contributed by atoms with van der Waals surface area (Å²) in [7, 11) is 0. The summed E-state index contributed by atoms with van der Waals surface area (Å²) < 4.78 is 49.8. The first-order chi connectivity index (χ1) is 14.7. The SMILES string of the molecule is CCc1cc(Oc2ncc(C(F)(F)F)cc2Cl)ccc1C1=C(O)C(C)(C)OC(C)(C)C1=O. The molecule has 0 bridgehead atoms. The average Bonchev–Trinajstić information content (AvgIpc) is 2.67. The van der Waals surface area contributed by atoms with Crippen LogP contribution in [0.5, 0.6) is 11.6 Å². The van der Waals surface area contributed by atoms with E-state index in [9.17, 15) is 23.1 Å². The van der Waals surface area contributed by atoms with Crippen molar-refractivity contribution in [1.82, 2.24) is 4.98 Å². The summed E-state index contributed by atoms with van der Waals surface area (Å²) >= 11 is 5.93. The number of ether oxygens (including phenoxy) is 2. The fourth-order valence-electron chi connectivity index (χ4n) is 3.63. The number of hydrogen-bond donors (Lipinski definition) is 1. The molecular weight excluding hydrogens is 447 g/mol. The third-order valence-corrected chi connectivity index (χ3v) is 5.44. The van der Waals surface area contributed by atoms with E-state index in [-0.39, 0.29) is 33.8 Å². The molecule has 5 nitrogen and oxygen atoms in total. The van der Waals surface area contributed by atoms with Gasteiger partial charge >= 0.3 is 6.18 Å². The lowest BCUT2D eigenvalue weighted by Crippen LogP contribution is -2.49. The predicted molar refractivity (Wildman–Crippen MR) is 114 cm³/mol. The van der Waals surface area contributed by atoms with Crippen LogP contribution in [0.2, 0.25) is 5.02 Å². The zero-order chi connectivity index (χ0) is 24.1. The van der Waals surface area contributed by atoms with E-state index in [2.05, 4.69) is 4.98 Å². The fourth-order valence-corrected chi connectivity index (χ4v) is 3.83. The molecule has 0 amide bonds. The molecule has 0 radical (unpaired) electrons. The van der Waals surface area contributed by atoms with Crippen molar-refractivity contribution in [3.05, 3.63) is 57.9 Å². The maximum absolute atomic E-state index is 13.1. The highest BCUT2D eigenvalue weighted by atomic mass is 35.5. The molecule has 0 atom stereocenters. The maximum Gasteiger partial charge on any atom is 0.417 e. The molecule has 1 aromatic carbocycles. The Kier molecular flexibility index (Phi) is 6.08. The van der Waals surface area contributed by atoms with Gasteiger partial charge in [0, 0.05) is 6.20 Å². The lowest BCUT2D eigenvalue weighted by molar-refractivity contribution is -0.158. The van der Waals surface area contributed by atoms with Gasteiger partial charge in [-0.2, -0.15) is 13.2 Å². The van der Waals surface area contributed by atoms with Crippen molar-refractivity contribution in [2.75, 3.05) is 0 Å². The number of halogens is 4. The summed E-state index contributed by atoms with van der Waals surface area (Å²) in [4.78, 5) is 16.7. The van der Waals surface area contributed by atoms with Gasteiger partial charge in [0.05, 0.1) is 11.1 Å². The monoisotopic (exact) mass is 469 g/mol. The first-order valence-corrected chi connectivity index (χ1v) is 10.3. The smallest absolute Gasteiger partial charge is 0.417 e. The van der Waals surface area contributed by atoms with E-state index in [0.717, 1.165) is 6.07 Å². The van der Waals surface area contributed by atoms with E-state index in [0.29, 0.717) is 23.7 Å². The highest BCUT2D eigenvalue weighted by Crippen LogP contribution is 2.42. The minimum Gasteiger partial charge on any atom is -0.508 e. The number of carbonyl (C=O) groups is 1. The minimum atomic E-state index is -4.57. The van der Waals surface area contributed by atoms with Crippen molar-refractivity contribution in [1.29, 1.82) is 0 Å². The Balaban J connectivity index is 2.01. The Morgan fingerprint density at radius 3 is 2.38 bits per heavy atom. The molecule has 2 heterocycles. The molecule has 1 aliphatic heterocycles. The number of ketones is 1. The zero-order valence-electron chi connectivity index (χ0n) is 18.2. The van der Waals surface area contributed by atoms with Crippen LogP contribution in [0.15, 0.2) is 36.2 Å². The molecule has 0 saturated carbocycles. The molecule has 2 aromatic rings. The topological polar surface area (TPSA) is 68.7 Å². The molecule has 172 valence electrons. The van der Waals surface area contributed by atoms with E-state index in [1.165, 1.54) is 6.07 Å². The molecule has 0 aliphatic carbocycles. The van der Waals surface area contributed by atoms with Crippen LogP contribution in [0.4, 0.5) is 13.2 Å². The van der Waals surface area contributed by atoms with Crippen molar-refractivity contribution >= 4 is 23.0 Å². The largest absolute Gasteiger partial charge is 0.508 e. The molecule has 1 aromatic heterocycles. The molecule has 1 aliphatic rings. The third kappa shape index (κ3) is 4.47. The normalized spacial score (nSPS) is 18.1. The van der Waals surface area contributed by atoms with Gasteiger partial charge in [-0.05, 0) is 63.4 Å². The Hall–Kier alpha value is -2.58. The van der Waals surface area contributed by atoms with Crippen LogP contribution in [0.1, 0.15) is 51.3 Å². The maximum atomic E-state index is 13.1. The van der Waals surface area contributed by atoms with Crippen LogP contribution in [0.25, 0.3) is 5.57 Å². The van der Waals surface area contributed by atoms with Gasteiger partial charge in [-0.3, -0.25) is 4.79 Å². The van der Waals surface area contributed by atoms with Gasteiger partial charge in [-0.15, -0.1) is 0 Å². The van der Waals surface area contributed by atoms with Gasteiger partial charge in [0.15, 0.2) is 5.78 Å². The van der Waals surface area contributed by atoms with Gasteiger partial charge in [0.25, 0.3) is 0 Å². The number of aliphatic hydroxyl groups is 1. The highest BCUT2D eigenvalue weighted by Gasteiger charge is 2.47. The fraction of sp³-hybridized carbons (Fsp3) is 0.391. The van der Waals surface area contributed by atoms with Gasteiger partial charge < -0.3 is 14.6 Å². The summed E-state index contributed by atoms with van der Waals surface area (Å²) in [6.45, 7) is 8.51. The van der Waals surface area contributed by atoms with Crippen molar-refractivity contribution in [3.63, 3.8) is 0 Å². The first-order valence-electron chi connectivity index (χ1n) is 9.90. The number of hydrogen-bond acceptors (Lipinski definition) is 5. The number of rotatable bonds is 4. The van der Waals surface area contributed by atoms with Gasteiger partial charge in [0.1, 0.15) is 27.7 Å². The Bertz CT molecular complexity index is 1110. The summed E-state index contributed by atoms with van der Waals surface area (Å²) in [5.74, 6) is -0.429. The van der Waals surface area contributed by atoms with Gasteiger partial charge in [-0.25, -0.2) is 4.98 Å². The van der Waals surface area contributed by atoms with Crippen LogP contribution in [0.3, 0.4) is 0 Å².